The second kappa shape index (κ2) is 13.4. The molecule has 6 rings (SSSR count). The van der Waals surface area contributed by atoms with Crippen molar-refractivity contribution >= 4 is 38.7 Å². The molecule has 9 heteroatoms. The van der Waals surface area contributed by atoms with Crippen LogP contribution in [0.1, 0.15) is 88.6 Å². The second-order valence-electron chi connectivity index (χ2n) is 13.2. The molecule has 2 aliphatic heterocycles. The third-order valence-corrected chi connectivity index (χ3v) is 10.5. The fourth-order valence-electron chi connectivity index (χ4n) is 6.74. The van der Waals surface area contributed by atoms with Crippen molar-refractivity contribution in [3.05, 3.63) is 59.5 Å². The van der Waals surface area contributed by atoms with Gasteiger partial charge >= 0.3 is 0 Å². The zero-order valence-electron chi connectivity index (χ0n) is 26.1. The first-order valence-corrected chi connectivity index (χ1v) is 17.0. The molecule has 1 saturated carbocycles. The average molecular weight is 613 g/mol. The third-order valence-electron chi connectivity index (χ3n) is 9.37. The Morgan fingerprint density at radius 3 is 2.45 bits per heavy atom. The summed E-state index contributed by atoms with van der Waals surface area (Å²) in [5, 5.41) is 18.3. The van der Waals surface area contributed by atoms with Crippen LogP contribution in [0.2, 0.25) is 0 Å². The number of nitrogens with zero attached hydrogens (tertiary/aromatic N) is 4. The number of ether oxygens (including phenoxy) is 1. The first-order chi connectivity index (χ1) is 21.2. The van der Waals surface area contributed by atoms with Gasteiger partial charge in [-0.05, 0) is 75.0 Å². The molecule has 44 heavy (non-hydrogen) atoms. The maximum Gasteiger partial charge on any atom is 0.223 e. The topological polar surface area (TPSA) is 106 Å². The zero-order chi connectivity index (χ0) is 30.8. The first-order valence-electron chi connectivity index (χ1n) is 16.2. The second-order valence-corrected chi connectivity index (χ2v) is 14.2. The molecule has 8 nitrogen and oxygen atoms in total. The van der Waals surface area contributed by atoms with Crippen molar-refractivity contribution < 1.29 is 9.53 Å². The Balaban J connectivity index is 1.24. The lowest BCUT2D eigenvalue weighted by atomic mass is 9.94. The fourth-order valence-corrected chi connectivity index (χ4v) is 7.45. The lowest BCUT2D eigenvalue weighted by Crippen LogP contribution is -2.39. The Kier molecular flexibility index (Phi) is 9.33. The van der Waals surface area contributed by atoms with Crippen molar-refractivity contribution in [3.8, 4) is 11.5 Å². The van der Waals surface area contributed by atoms with E-state index in [4.69, 9.17) is 25.5 Å². The van der Waals surface area contributed by atoms with Crippen LogP contribution in [0.5, 0.6) is 11.5 Å². The van der Waals surface area contributed by atoms with Gasteiger partial charge in [-0.25, -0.2) is 9.97 Å². The van der Waals surface area contributed by atoms with Gasteiger partial charge in [0.15, 0.2) is 0 Å². The van der Waals surface area contributed by atoms with Gasteiger partial charge in [-0.2, -0.15) is 0 Å². The van der Waals surface area contributed by atoms with Crippen molar-refractivity contribution in [1.29, 1.82) is 10.8 Å². The Morgan fingerprint density at radius 1 is 1.07 bits per heavy atom. The highest BCUT2D eigenvalue weighted by atomic mass is 32.2. The molecule has 232 valence electrons. The number of thioether (sulfide) groups is 1. The van der Waals surface area contributed by atoms with Crippen LogP contribution in [0, 0.1) is 22.7 Å². The zero-order valence-corrected chi connectivity index (χ0v) is 27.0. The van der Waals surface area contributed by atoms with E-state index in [2.05, 4.69) is 17.9 Å². The number of piperidine rings is 1. The Bertz CT molecular complexity index is 1530. The molecular weight excluding hydrogens is 568 g/mol. The smallest absolute Gasteiger partial charge is 0.223 e. The van der Waals surface area contributed by atoms with Gasteiger partial charge in [-0.1, -0.05) is 45.4 Å². The van der Waals surface area contributed by atoms with E-state index < -0.39 is 0 Å². The molecule has 1 atom stereocenters. The number of nitrogens with one attached hydrogen (secondary N) is 2. The molecule has 2 saturated heterocycles. The molecule has 2 N–H and O–H groups in total. The largest absolute Gasteiger partial charge is 0.457 e. The maximum absolute atomic E-state index is 12.7. The van der Waals surface area contributed by atoms with E-state index >= 15 is 0 Å². The predicted molar refractivity (Wildman–Crippen MR) is 178 cm³/mol. The highest BCUT2D eigenvalue weighted by Crippen LogP contribution is 2.35. The highest BCUT2D eigenvalue weighted by molar-refractivity contribution is 8.26. The van der Waals surface area contributed by atoms with Crippen LogP contribution in [-0.4, -0.2) is 61.4 Å². The number of benzene rings is 2. The molecule has 0 bridgehead atoms. The van der Waals surface area contributed by atoms with Crippen LogP contribution in [0.4, 0.5) is 0 Å². The summed E-state index contributed by atoms with van der Waals surface area (Å²) in [7, 11) is 0. The minimum atomic E-state index is 0.0915. The summed E-state index contributed by atoms with van der Waals surface area (Å²) < 4.78 is 6.48. The number of aromatic nitrogens is 2. The quantitative estimate of drug-likeness (QED) is 0.200. The van der Waals surface area contributed by atoms with Crippen molar-refractivity contribution in [2.24, 2.45) is 11.8 Å². The van der Waals surface area contributed by atoms with Gasteiger partial charge < -0.3 is 14.5 Å². The number of likely N-dealkylation sites (tertiary alicyclic amines) is 2. The lowest BCUT2D eigenvalue weighted by Gasteiger charge is -2.35. The van der Waals surface area contributed by atoms with Gasteiger partial charge in [0.25, 0.3) is 0 Å². The van der Waals surface area contributed by atoms with Gasteiger partial charge in [0.1, 0.15) is 22.4 Å². The average Bonchev–Trinajstić information content (AvgIpc) is 3.67. The Hall–Kier alpha value is -3.30. The van der Waals surface area contributed by atoms with E-state index in [9.17, 15) is 4.79 Å². The summed E-state index contributed by atoms with van der Waals surface area (Å²) >= 11 is 1.18. The van der Waals surface area contributed by atoms with E-state index in [1.54, 1.807) is 0 Å². The van der Waals surface area contributed by atoms with Gasteiger partial charge in [-0.3, -0.25) is 15.6 Å². The van der Waals surface area contributed by atoms with Gasteiger partial charge in [0, 0.05) is 66.2 Å². The predicted octanol–water partition coefficient (Wildman–Crippen LogP) is 7.60. The minimum Gasteiger partial charge on any atom is -0.457 e. The van der Waals surface area contributed by atoms with Crippen molar-refractivity contribution in [1.82, 2.24) is 19.8 Å². The van der Waals surface area contributed by atoms with E-state index in [0.717, 1.165) is 66.4 Å². The monoisotopic (exact) mass is 612 g/mol. The molecule has 0 unspecified atom stereocenters. The number of fused-ring (bicyclic) bond motifs is 1. The van der Waals surface area contributed by atoms with Crippen LogP contribution in [-0.2, 0) is 11.3 Å². The molecule has 1 aliphatic carbocycles. The SMILES string of the molecule is CC(C)C(=N)SC(=N)c1ccc(Oc2cc3nc(C4CCN(C5CCCC5)CC4)ncc3cc2CN2C[C@@H](C)CC2=O)cc1. The molecule has 0 radical (unpaired) electrons. The van der Waals surface area contributed by atoms with Crippen molar-refractivity contribution in [2.45, 2.75) is 84.2 Å². The summed E-state index contributed by atoms with van der Waals surface area (Å²) in [6.45, 7) is 9.50. The van der Waals surface area contributed by atoms with Crippen molar-refractivity contribution in [3.63, 3.8) is 0 Å². The molecule has 0 spiro atoms. The number of hydrogen-bond acceptors (Lipinski definition) is 8. The first kappa shape index (κ1) is 30.7. The lowest BCUT2D eigenvalue weighted by molar-refractivity contribution is -0.128. The number of hydrogen-bond donors (Lipinski definition) is 2. The van der Waals surface area contributed by atoms with Crippen LogP contribution in [0.25, 0.3) is 10.9 Å². The Morgan fingerprint density at radius 2 is 1.80 bits per heavy atom. The molecule has 1 amide bonds. The van der Waals surface area contributed by atoms with Crippen LogP contribution < -0.4 is 4.74 Å². The van der Waals surface area contributed by atoms with E-state index in [0.29, 0.717) is 46.4 Å². The van der Waals surface area contributed by atoms with Crippen LogP contribution in [0.3, 0.4) is 0 Å². The number of carbonyl (C=O) groups excluding carboxylic acids is 1. The normalized spacial score (nSPS) is 20.2. The third kappa shape index (κ3) is 6.99. The van der Waals surface area contributed by atoms with Crippen LogP contribution >= 0.6 is 11.8 Å². The number of rotatable bonds is 8. The highest BCUT2D eigenvalue weighted by Gasteiger charge is 2.30. The molecule has 3 heterocycles. The molecular formula is C35H44N6O2S. The van der Waals surface area contributed by atoms with E-state index in [-0.39, 0.29) is 11.8 Å². The van der Waals surface area contributed by atoms with Gasteiger partial charge in [0.05, 0.1) is 10.6 Å². The van der Waals surface area contributed by atoms with Gasteiger partial charge in [0.2, 0.25) is 5.91 Å². The van der Waals surface area contributed by atoms with E-state index in [1.807, 2.05) is 55.3 Å². The molecule has 2 aromatic carbocycles. The molecule has 1 aromatic heterocycles. The molecule has 3 aliphatic rings. The van der Waals surface area contributed by atoms with E-state index in [1.165, 1.54) is 37.4 Å². The summed E-state index contributed by atoms with van der Waals surface area (Å²) in [5.74, 6) is 3.22. The molecule has 3 fully saturated rings. The molecule has 3 aromatic rings. The van der Waals surface area contributed by atoms with Crippen molar-refractivity contribution in [2.75, 3.05) is 19.6 Å². The summed E-state index contributed by atoms with van der Waals surface area (Å²) in [6.07, 6.45) is 10.1. The maximum atomic E-state index is 12.7. The Labute approximate surface area is 265 Å². The van der Waals surface area contributed by atoms with Gasteiger partial charge in [-0.15, -0.1) is 0 Å². The minimum absolute atomic E-state index is 0.0915. The number of amides is 1. The summed E-state index contributed by atoms with van der Waals surface area (Å²) in [4.78, 5) is 27.2. The fraction of sp³-hybridized carbons (Fsp3) is 0.514. The standard InChI is InChI=1S/C35H44N6O2S/c1-22(2)33(36)44-34(37)24-8-10-29(11-9-24)43-31-18-30-26(17-27(31)21-41-20-23(3)16-32(41)42)19-38-35(39-30)25-12-14-40(15-13-25)28-6-4-5-7-28/h8-11,17-19,22-23,25,28,36-37H,4-7,12-16,20-21H2,1-3H3/t23-/m0/s1. The summed E-state index contributed by atoms with van der Waals surface area (Å²) in [5.41, 5.74) is 2.54. The summed E-state index contributed by atoms with van der Waals surface area (Å²) in [6, 6.07) is 12.3. The van der Waals surface area contributed by atoms with Crippen LogP contribution in [0.15, 0.2) is 42.6 Å². The number of carbonyl (C=O) groups is 1.